The van der Waals surface area contributed by atoms with Crippen LogP contribution in [0.1, 0.15) is 33.1 Å². The van der Waals surface area contributed by atoms with Gasteiger partial charge in [-0.05, 0) is 31.7 Å². The highest BCUT2D eigenvalue weighted by atomic mass is 35.5. The lowest BCUT2D eigenvalue weighted by atomic mass is 9.64. The molecule has 0 heterocycles. The molecule has 0 aromatic carbocycles. The largest absolute Gasteiger partial charge is 0.381 e. The second kappa shape index (κ2) is 6.22. The fourth-order valence-electron chi connectivity index (χ4n) is 2.49. The van der Waals surface area contributed by atoms with Crippen LogP contribution in [0.25, 0.3) is 0 Å². The summed E-state index contributed by atoms with van der Waals surface area (Å²) in [5.41, 5.74) is 0.0565. The summed E-state index contributed by atoms with van der Waals surface area (Å²) < 4.78 is 5.37. The van der Waals surface area contributed by atoms with Crippen molar-refractivity contribution >= 4 is 18.3 Å². The molecule has 5 heteroatoms. The van der Waals surface area contributed by atoms with E-state index >= 15 is 0 Å². The molecule has 106 valence electrons. The molecule has 0 aromatic heterocycles. The van der Waals surface area contributed by atoms with Crippen LogP contribution < -0.4 is 10.6 Å². The van der Waals surface area contributed by atoms with E-state index in [-0.39, 0.29) is 35.9 Å². The highest BCUT2D eigenvalue weighted by molar-refractivity contribution is 5.85. The average Bonchev–Trinajstić information content (AvgIpc) is 3.07. The molecule has 2 rings (SSSR count). The lowest BCUT2D eigenvalue weighted by Crippen LogP contribution is -2.62. The monoisotopic (exact) mass is 276 g/mol. The minimum atomic E-state index is 0. The van der Waals surface area contributed by atoms with Gasteiger partial charge in [-0.1, -0.05) is 13.8 Å². The molecule has 1 amide bonds. The Bertz CT molecular complexity index is 293. The van der Waals surface area contributed by atoms with Gasteiger partial charge in [0.1, 0.15) is 0 Å². The van der Waals surface area contributed by atoms with Crippen LogP contribution >= 0.6 is 12.4 Å². The third kappa shape index (κ3) is 3.59. The molecule has 18 heavy (non-hydrogen) atoms. The minimum Gasteiger partial charge on any atom is -0.381 e. The van der Waals surface area contributed by atoms with Crippen LogP contribution in [0.2, 0.25) is 0 Å². The molecule has 2 aliphatic rings. The zero-order valence-corrected chi connectivity index (χ0v) is 12.3. The molecular formula is C13H25ClN2O2. The predicted octanol–water partition coefficient (Wildman–Crippen LogP) is 1.34. The van der Waals surface area contributed by atoms with Crippen LogP contribution in [-0.2, 0) is 9.53 Å². The Labute approximate surface area is 116 Å². The zero-order chi connectivity index (χ0) is 12.5. The predicted molar refractivity (Wildman–Crippen MR) is 74.0 cm³/mol. The van der Waals surface area contributed by atoms with Gasteiger partial charge in [0.05, 0.1) is 12.6 Å². The normalized spacial score (nSPS) is 29.1. The summed E-state index contributed by atoms with van der Waals surface area (Å²) in [5, 5.41) is 6.29. The number of amides is 1. The van der Waals surface area contributed by atoms with Crippen LogP contribution in [0, 0.1) is 11.3 Å². The second-order valence-corrected chi connectivity index (χ2v) is 5.98. The molecule has 0 aliphatic heterocycles. The maximum Gasteiger partial charge on any atom is 0.234 e. The zero-order valence-electron chi connectivity index (χ0n) is 11.5. The Balaban J connectivity index is 0.00000162. The van der Waals surface area contributed by atoms with E-state index in [0.717, 1.165) is 18.9 Å². The van der Waals surface area contributed by atoms with Crippen LogP contribution in [0.15, 0.2) is 0 Å². The van der Waals surface area contributed by atoms with E-state index in [1.54, 1.807) is 7.11 Å². The van der Waals surface area contributed by atoms with Crippen molar-refractivity contribution in [3.63, 3.8) is 0 Å². The van der Waals surface area contributed by atoms with Gasteiger partial charge in [0.15, 0.2) is 0 Å². The number of carbonyl (C=O) groups excluding carboxylic acids is 1. The van der Waals surface area contributed by atoms with Gasteiger partial charge in [0.2, 0.25) is 5.91 Å². The first-order chi connectivity index (χ1) is 8.04. The van der Waals surface area contributed by atoms with E-state index in [1.165, 1.54) is 12.8 Å². The Hall–Kier alpha value is -0.320. The number of nitrogens with one attached hydrogen (secondary N) is 2. The Morgan fingerprint density at radius 2 is 2.06 bits per heavy atom. The van der Waals surface area contributed by atoms with Crippen molar-refractivity contribution in [1.82, 2.24) is 10.6 Å². The van der Waals surface area contributed by atoms with Gasteiger partial charge < -0.3 is 15.4 Å². The summed E-state index contributed by atoms with van der Waals surface area (Å²) in [4.78, 5) is 11.7. The van der Waals surface area contributed by atoms with Gasteiger partial charge in [-0.25, -0.2) is 0 Å². The summed E-state index contributed by atoms with van der Waals surface area (Å²) in [6, 6.07) is 0.252. The van der Waals surface area contributed by atoms with Gasteiger partial charge in [-0.2, -0.15) is 0 Å². The van der Waals surface area contributed by atoms with E-state index in [0.29, 0.717) is 6.54 Å². The Morgan fingerprint density at radius 3 is 2.56 bits per heavy atom. The van der Waals surface area contributed by atoms with Crippen LogP contribution in [0.4, 0.5) is 0 Å². The van der Waals surface area contributed by atoms with Crippen molar-refractivity contribution in [2.45, 2.75) is 45.3 Å². The summed E-state index contributed by atoms with van der Waals surface area (Å²) in [7, 11) is 1.74. The summed E-state index contributed by atoms with van der Waals surface area (Å²) in [6.07, 6.45) is 3.84. The molecule has 0 aromatic rings. The molecule has 0 bridgehead atoms. The fraction of sp³-hybridized carbons (Fsp3) is 0.923. The number of carbonyl (C=O) groups is 1. The Morgan fingerprint density at radius 1 is 1.39 bits per heavy atom. The number of rotatable bonds is 6. The third-order valence-electron chi connectivity index (χ3n) is 4.21. The fourth-order valence-corrected chi connectivity index (χ4v) is 2.49. The second-order valence-electron chi connectivity index (χ2n) is 5.98. The summed E-state index contributed by atoms with van der Waals surface area (Å²) >= 11 is 0. The molecule has 2 fully saturated rings. The molecule has 2 aliphatic carbocycles. The molecule has 4 nitrogen and oxygen atoms in total. The molecule has 2 atom stereocenters. The van der Waals surface area contributed by atoms with Crippen molar-refractivity contribution in [3.05, 3.63) is 0 Å². The number of hydrogen-bond donors (Lipinski definition) is 2. The average molecular weight is 277 g/mol. The SMILES string of the molecule is COC1CC(NC(=O)CNCC2CC2)C1(C)C.Cl. The van der Waals surface area contributed by atoms with Crippen molar-refractivity contribution in [2.24, 2.45) is 11.3 Å². The van der Waals surface area contributed by atoms with Gasteiger partial charge >= 0.3 is 0 Å². The standard InChI is InChI=1S/C13H24N2O2.ClH/c1-13(2)10(6-11(13)17-3)15-12(16)8-14-7-9-4-5-9;/h9-11,14H,4-8H2,1-3H3,(H,15,16);1H. The topological polar surface area (TPSA) is 50.4 Å². The lowest BCUT2D eigenvalue weighted by molar-refractivity contribution is -0.131. The number of hydrogen-bond acceptors (Lipinski definition) is 3. The maximum absolute atomic E-state index is 11.7. The number of methoxy groups -OCH3 is 1. The van der Waals surface area contributed by atoms with E-state index in [4.69, 9.17) is 4.74 Å². The van der Waals surface area contributed by atoms with Crippen molar-refractivity contribution < 1.29 is 9.53 Å². The highest BCUT2D eigenvalue weighted by Crippen LogP contribution is 2.42. The molecule has 0 saturated heterocycles. The molecule has 2 unspecified atom stereocenters. The lowest BCUT2D eigenvalue weighted by Gasteiger charge is -2.51. The first kappa shape index (κ1) is 15.7. The first-order valence-electron chi connectivity index (χ1n) is 6.57. The van der Waals surface area contributed by atoms with E-state index in [2.05, 4.69) is 24.5 Å². The van der Waals surface area contributed by atoms with E-state index in [9.17, 15) is 4.79 Å². The van der Waals surface area contributed by atoms with Gasteiger partial charge in [-0.3, -0.25) is 4.79 Å². The highest BCUT2D eigenvalue weighted by Gasteiger charge is 2.49. The maximum atomic E-state index is 11.7. The number of halogens is 1. The quantitative estimate of drug-likeness (QED) is 0.770. The molecule has 0 radical (unpaired) electrons. The van der Waals surface area contributed by atoms with Crippen LogP contribution in [0.3, 0.4) is 0 Å². The van der Waals surface area contributed by atoms with Gasteiger partial charge in [0.25, 0.3) is 0 Å². The number of ether oxygens (including phenoxy) is 1. The van der Waals surface area contributed by atoms with Crippen molar-refractivity contribution in [3.8, 4) is 0 Å². The smallest absolute Gasteiger partial charge is 0.234 e. The van der Waals surface area contributed by atoms with E-state index < -0.39 is 0 Å². The molecule has 2 N–H and O–H groups in total. The summed E-state index contributed by atoms with van der Waals surface area (Å²) in [5.74, 6) is 0.930. The van der Waals surface area contributed by atoms with Gasteiger partial charge in [0, 0.05) is 18.6 Å². The van der Waals surface area contributed by atoms with Crippen LogP contribution in [-0.4, -0.2) is 38.3 Å². The van der Waals surface area contributed by atoms with E-state index in [1.807, 2.05) is 0 Å². The minimum absolute atomic E-state index is 0. The van der Waals surface area contributed by atoms with Crippen LogP contribution in [0.5, 0.6) is 0 Å². The Kier molecular flexibility index (Phi) is 5.44. The molecule has 0 spiro atoms. The first-order valence-corrected chi connectivity index (χ1v) is 6.57. The molecule has 2 saturated carbocycles. The summed E-state index contributed by atoms with van der Waals surface area (Å²) in [6.45, 7) is 5.73. The van der Waals surface area contributed by atoms with Crippen molar-refractivity contribution in [2.75, 3.05) is 20.2 Å². The molecular weight excluding hydrogens is 252 g/mol. The van der Waals surface area contributed by atoms with Gasteiger partial charge in [-0.15, -0.1) is 12.4 Å². The third-order valence-corrected chi connectivity index (χ3v) is 4.21. The van der Waals surface area contributed by atoms with Crippen molar-refractivity contribution in [1.29, 1.82) is 0 Å².